The van der Waals surface area contributed by atoms with Gasteiger partial charge in [0.05, 0.1) is 5.92 Å². The first-order valence-corrected chi connectivity index (χ1v) is 5.36. The van der Waals surface area contributed by atoms with Crippen molar-refractivity contribution in [2.75, 3.05) is 0 Å². The van der Waals surface area contributed by atoms with Gasteiger partial charge in [-0.25, -0.2) is 0 Å². The Kier molecular flexibility index (Phi) is 1.85. The quantitative estimate of drug-likeness (QED) is 0.625. The summed E-state index contributed by atoms with van der Waals surface area (Å²) in [4.78, 5) is 12.1. The van der Waals surface area contributed by atoms with Gasteiger partial charge in [0.15, 0.2) is 11.4 Å². The normalized spacial score (nSPS) is 40.2. The van der Waals surface area contributed by atoms with E-state index >= 15 is 0 Å². The van der Waals surface area contributed by atoms with Gasteiger partial charge in [-0.3, -0.25) is 4.79 Å². The van der Waals surface area contributed by atoms with Crippen LogP contribution in [0, 0.1) is 5.92 Å². The van der Waals surface area contributed by atoms with Crippen molar-refractivity contribution in [3.63, 3.8) is 0 Å². The third-order valence-electron chi connectivity index (χ3n) is 3.56. The molecule has 0 aromatic carbocycles. The van der Waals surface area contributed by atoms with Crippen LogP contribution in [0.5, 0.6) is 0 Å². The molecule has 3 aliphatic rings. The van der Waals surface area contributed by atoms with Gasteiger partial charge < -0.3 is 10.2 Å². The van der Waals surface area contributed by atoms with E-state index in [4.69, 9.17) is 0 Å². The lowest BCUT2D eigenvalue weighted by Crippen LogP contribution is -2.48. The van der Waals surface area contributed by atoms with Gasteiger partial charge in [-0.15, -0.1) is 0 Å². The van der Waals surface area contributed by atoms with E-state index < -0.39 is 11.7 Å². The third kappa shape index (κ3) is 0.970. The smallest absolute Gasteiger partial charge is 0.179 e. The fourth-order valence-electron chi connectivity index (χ4n) is 2.70. The van der Waals surface area contributed by atoms with Gasteiger partial charge in [0, 0.05) is 0 Å². The van der Waals surface area contributed by atoms with Crippen LogP contribution >= 0.6 is 0 Å². The molecule has 2 N–H and O–H groups in total. The summed E-state index contributed by atoms with van der Waals surface area (Å²) in [6.07, 6.45) is 9.97. The van der Waals surface area contributed by atoms with Crippen LogP contribution < -0.4 is 0 Å². The Morgan fingerprint density at radius 2 is 2.12 bits per heavy atom. The zero-order chi connectivity index (χ0) is 11.3. The zero-order valence-corrected chi connectivity index (χ0v) is 8.63. The highest BCUT2D eigenvalue weighted by molar-refractivity contribution is 6.03. The number of rotatable bonds is 0. The first kappa shape index (κ1) is 9.75. The molecule has 0 radical (unpaired) electrons. The minimum absolute atomic E-state index is 0.286. The Bertz CT molecular complexity index is 481. The fourth-order valence-corrected chi connectivity index (χ4v) is 2.70. The molecule has 82 valence electrons. The Morgan fingerprint density at radius 1 is 1.31 bits per heavy atom. The van der Waals surface area contributed by atoms with E-state index in [1.807, 2.05) is 18.2 Å². The molecule has 3 unspecified atom stereocenters. The molecule has 1 fully saturated rings. The van der Waals surface area contributed by atoms with Crippen molar-refractivity contribution in [2.45, 2.75) is 18.1 Å². The average molecular weight is 216 g/mol. The van der Waals surface area contributed by atoms with E-state index in [0.29, 0.717) is 12.0 Å². The van der Waals surface area contributed by atoms with Gasteiger partial charge in [-0.2, -0.15) is 0 Å². The van der Waals surface area contributed by atoms with Crippen LogP contribution in [0.15, 0.2) is 47.6 Å². The molecule has 0 aliphatic heterocycles. The van der Waals surface area contributed by atoms with Crippen LogP contribution in [0.25, 0.3) is 0 Å². The van der Waals surface area contributed by atoms with Crippen LogP contribution in [0.3, 0.4) is 0 Å². The second-order valence-corrected chi connectivity index (χ2v) is 4.38. The van der Waals surface area contributed by atoms with Crippen LogP contribution in [-0.2, 0) is 4.79 Å². The molecular weight excluding hydrogens is 204 g/mol. The molecule has 0 heterocycles. The number of carbonyl (C=O) groups excluding carboxylic acids is 1. The highest BCUT2D eigenvalue weighted by atomic mass is 16.4. The fraction of sp³-hybridized carbons (Fsp3) is 0.308. The molecule has 0 amide bonds. The molecule has 16 heavy (non-hydrogen) atoms. The molecule has 3 nitrogen and oxygen atoms in total. The maximum Gasteiger partial charge on any atom is 0.179 e. The molecule has 3 atom stereocenters. The molecule has 0 spiro atoms. The van der Waals surface area contributed by atoms with Crippen molar-refractivity contribution >= 4 is 5.78 Å². The number of hydrogen-bond acceptors (Lipinski definition) is 3. The number of allylic oxidation sites excluding steroid dienone is 5. The first-order chi connectivity index (χ1) is 7.65. The lowest BCUT2D eigenvalue weighted by atomic mass is 9.85. The van der Waals surface area contributed by atoms with Crippen molar-refractivity contribution < 1.29 is 15.0 Å². The summed E-state index contributed by atoms with van der Waals surface area (Å²) in [5.74, 6) is -0.581. The summed E-state index contributed by atoms with van der Waals surface area (Å²) >= 11 is 0. The number of carbonyl (C=O) groups is 1. The lowest BCUT2D eigenvalue weighted by Gasteiger charge is -2.28. The van der Waals surface area contributed by atoms with Gasteiger partial charge in [-0.1, -0.05) is 36.5 Å². The molecule has 0 saturated heterocycles. The Morgan fingerprint density at radius 3 is 2.94 bits per heavy atom. The third-order valence-corrected chi connectivity index (χ3v) is 3.56. The number of ketones is 1. The number of aliphatic hydroxyl groups is 2. The number of Topliss-reactive ketones (excluding diaryl/α,β-unsaturated/α-hetero) is 1. The SMILES string of the molecule is O=C1C2CC=CC=C2C2=CC=CC(O)C12O. The molecule has 1 saturated carbocycles. The largest absolute Gasteiger partial charge is 0.385 e. The molecular formula is C13H12O3. The maximum absolute atomic E-state index is 12.1. The predicted octanol–water partition coefficient (Wildman–Crippen LogP) is 0.660. The standard InChI is InChI=1S/C13H12O3/c14-11-7-3-6-10-8-4-1-2-5-9(8)12(15)13(10,11)16/h1-4,6-7,9,11,14,16H,5H2. The van der Waals surface area contributed by atoms with Crippen molar-refractivity contribution in [1.29, 1.82) is 0 Å². The first-order valence-electron chi connectivity index (χ1n) is 5.36. The van der Waals surface area contributed by atoms with Crippen LogP contribution in [-0.4, -0.2) is 27.7 Å². The summed E-state index contributed by atoms with van der Waals surface area (Å²) in [5, 5.41) is 20.2. The van der Waals surface area contributed by atoms with E-state index in [2.05, 4.69) is 0 Å². The minimum atomic E-state index is -1.72. The van der Waals surface area contributed by atoms with Gasteiger partial charge in [-0.05, 0) is 17.6 Å². The molecule has 0 aromatic heterocycles. The van der Waals surface area contributed by atoms with E-state index in [1.165, 1.54) is 6.08 Å². The second kappa shape index (κ2) is 3.03. The maximum atomic E-state index is 12.1. The van der Waals surface area contributed by atoms with E-state index in [1.54, 1.807) is 12.2 Å². The topological polar surface area (TPSA) is 57.5 Å². The molecule has 0 bridgehead atoms. The number of hydrogen-bond donors (Lipinski definition) is 2. The van der Waals surface area contributed by atoms with Crippen LogP contribution in [0.2, 0.25) is 0 Å². The Labute approximate surface area is 93.1 Å². The molecule has 3 aliphatic carbocycles. The highest BCUT2D eigenvalue weighted by Crippen LogP contribution is 2.47. The minimum Gasteiger partial charge on any atom is -0.385 e. The van der Waals surface area contributed by atoms with Crippen molar-refractivity contribution in [3.8, 4) is 0 Å². The van der Waals surface area contributed by atoms with E-state index in [-0.39, 0.29) is 11.7 Å². The van der Waals surface area contributed by atoms with E-state index in [9.17, 15) is 15.0 Å². The van der Waals surface area contributed by atoms with Gasteiger partial charge in [0.25, 0.3) is 0 Å². The predicted molar refractivity (Wildman–Crippen MR) is 58.5 cm³/mol. The summed E-state index contributed by atoms with van der Waals surface area (Å²) in [6, 6.07) is 0. The molecule has 3 rings (SSSR count). The molecule has 3 heteroatoms. The van der Waals surface area contributed by atoms with Crippen molar-refractivity contribution in [2.24, 2.45) is 5.92 Å². The summed E-state index contributed by atoms with van der Waals surface area (Å²) < 4.78 is 0. The highest BCUT2D eigenvalue weighted by Gasteiger charge is 2.56. The second-order valence-electron chi connectivity index (χ2n) is 4.38. The monoisotopic (exact) mass is 216 g/mol. The zero-order valence-electron chi connectivity index (χ0n) is 8.63. The van der Waals surface area contributed by atoms with Crippen molar-refractivity contribution in [3.05, 3.63) is 47.6 Å². The molecule has 0 aromatic rings. The number of aliphatic hydroxyl groups excluding tert-OH is 1. The van der Waals surface area contributed by atoms with E-state index in [0.717, 1.165) is 5.57 Å². The Hall–Kier alpha value is -1.45. The van der Waals surface area contributed by atoms with Gasteiger partial charge in [0.1, 0.15) is 6.10 Å². The Balaban J connectivity index is 2.20. The van der Waals surface area contributed by atoms with Crippen LogP contribution in [0.1, 0.15) is 6.42 Å². The summed E-state index contributed by atoms with van der Waals surface area (Å²) in [6.45, 7) is 0. The lowest BCUT2D eigenvalue weighted by molar-refractivity contribution is -0.140. The van der Waals surface area contributed by atoms with Gasteiger partial charge >= 0.3 is 0 Å². The van der Waals surface area contributed by atoms with Gasteiger partial charge in [0.2, 0.25) is 0 Å². The summed E-state index contributed by atoms with van der Waals surface area (Å²) in [7, 11) is 0. The number of fused-ring (bicyclic) bond motifs is 3. The van der Waals surface area contributed by atoms with Crippen molar-refractivity contribution in [1.82, 2.24) is 0 Å². The average Bonchev–Trinajstić information content (AvgIpc) is 2.53. The van der Waals surface area contributed by atoms with Crippen LogP contribution in [0.4, 0.5) is 0 Å². The summed E-state index contributed by atoms with van der Waals surface area (Å²) in [5.41, 5.74) is -0.322.